The maximum absolute atomic E-state index is 12.7. The van der Waals surface area contributed by atoms with Gasteiger partial charge in [-0.3, -0.25) is 9.80 Å². The fourth-order valence-electron chi connectivity index (χ4n) is 3.02. The number of carbonyl (C=O) groups is 2. The highest BCUT2D eigenvalue weighted by molar-refractivity contribution is 7.33. The molecule has 2 atom stereocenters. The van der Waals surface area contributed by atoms with Crippen LogP contribution in [0.2, 0.25) is 0 Å². The Morgan fingerprint density at radius 2 is 1.05 bits per heavy atom. The minimum Gasteiger partial charge on any atom is -0.494 e. The van der Waals surface area contributed by atoms with E-state index in [1.54, 1.807) is 48.5 Å². The van der Waals surface area contributed by atoms with Crippen LogP contribution in [0.3, 0.4) is 0 Å². The molecule has 2 unspecified atom stereocenters. The molecule has 2 aromatic rings. The molecule has 0 heterocycles. The smallest absolute Gasteiger partial charge is 0.494 e. The molecule has 2 N–H and O–H groups in total. The van der Waals surface area contributed by atoms with Gasteiger partial charge in [-0.25, -0.2) is 9.59 Å². The average molecular weight is 659 g/mol. The van der Waals surface area contributed by atoms with Gasteiger partial charge in [0, 0.05) is 30.0 Å². The average Bonchev–Trinajstić information content (AvgIpc) is 2.92. The van der Waals surface area contributed by atoms with Crippen LogP contribution in [0.15, 0.2) is 48.5 Å². The number of carbonyl (C=O) groups excluding carboxylic acids is 2. The summed E-state index contributed by atoms with van der Waals surface area (Å²) in [7, 11) is -0.0488. The number of hydrogen-bond donors (Lipinski definition) is 2. The van der Waals surface area contributed by atoms with Gasteiger partial charge in [0.15, 0.2) is 9.67 Å². The van der Waals surface area contributed by atoms with Crippen LogP contribution in [0.1, 0.15) is 13.8 Å². The molecule has 0 aliphatic carbocycles. The van der Waals surface area contributed by atoms with E-state index in [0.717, 1.165) is 0 Å². The molecule has 0 aliphatic rings. The maximum atomic E-state index is 12.7. The van der Waals surface area contributed by atoms with Crippen LogP contribution in [-0.4, -0.2) is 61.5 Å². The van der Waals surface area contributed by atoms with Crippen molar-refractivity contribution in [2.45, 2.75) is 36.0 Å². The van der Waals surface area contributed by atoms with Gasteiger partial charge in [-0.1, -0.05) is 9.05 Å². The summed E-state index contributed by atoms with van der Waals surface area (Å²) in [5.41, 5.74) is 1.04. The SMILES string of the molecule is CCOc1ccc(N(C)C(=O)NC(O[P+](=O)OC(NC(=O)N(C)c2ccc(OCC)cc2)C(Cl)Cl)C(Cl)Cl)cc1. The molecule has 2 rings (SSSR count). The Balaban J connectivity index is 1.98. The number of nitrogens with zero attached hydrogens (tertiary/aromatic N) is 2. The minimum atomic E-state index is -3.04. The Morgan fingerprint density at radius 1 is 0.725 bits per heavy atom. The van der Waals surface area contributed by atoms with E-state index in [9.17, 15) is 14.2 Å². The standard InChI is InChI=1S/C24H29Cl4N4O7P/c1-5-36-17-11-7-15(8-12-17)31(3)23(33)29-21(19(25)26)38-40(35)39-22(20(27)28)30-24(34)32(4)16-9-13-18(14-10-16)37-6-2/h7-14,19-22H,5-6H2,1-4H3,(H-,29,30,33,34)/p+1. The van der Waals surface area contributed by atoms with Crippen LogP contribution >= 0.6 is 54.7 Å². The number of urea groups is 2. The summed E-state index contributed by atoms with van der Waals surface area (Å²) in [6.07, 6.45) is -2.92. The van der Waals surface area contributed by atoms with Crippen molar-refractivity contribution >= 4 is 78.1 Å². The Kier molecular flexibility index (Phi) is 14.3. The third kappa shape index (κ3) is 10.6. The predicted octanol–water partition coefficient (Wildman–Crippen LogP) is 6.43. The number of nitrogens with one attached hydrogen (secondary N) is 2. The second-order valence-corrected chi connectivity index (χ2v) is 11.0. The van der Waals surface area contributed by atoms with E-state index in [4.69, 9.17) is 64.9 Å². The van der Waals surface area contributed by atoms with Gasteiger partial charge in [-0.2, -0.15) is 0 Å². The molecule has 0 saturated heterocycles. The molecule has 11 nitrogen and oxygen atoms in total. The van der Waals surface area contributed by atoms with Crippen molar-refractivity contribution < 1.29 is 32.7 Å². The highest BCUT2D eigenvalue weighted by Gasteiger charge is 2.39. The van der Waals surface area contributed by atoms with Gasteiger partial charge in [-0.15, -0.1) is 46.4 Å². The highest BCUT2D eigenvalue weighted by atomic mass is 35.5. The fraction of sp³-hybridized carbons (Fsp3) is 0.417. The Bertz CT molecular complexity index is 1030. The summed E-state index contributed by atoms with van der Waals surface area (Å²) in [5, 5.41) is 4.83. The van der Waals surface area contributed by atoms with Crippen molar-refractivity contribution in [3.63, 3.8) is 0 Å². The molecule has 2 aromatic carbocycles. The third-order valence-corrected chi connectivity index (χ3v) is 6.78. The van der Waals surface area contributed by atoms with Crippen molar-refractivity contribution in [1.29, 1.82) is 0 Å². The number of halogens is 4. The first-order valence-corrected chi connectivity index (χ1v) is 14.7. The molecule has 0 saturated carbocycles. The van der Waals surface area contributed by atoms with Crippen LogP contribution < -0.4 is 29.9 Å². The number of hydrogen-bond acceptors (Lipinski definition) is 7. The Labute approximate surface area is 253 Å². The van der Waals surface area contributed by atoms with Crippen molar-refractivity contribution in [2.24, 2.45) is 0 Å². The molecule has 0 radical (unpaired) electrons. The van der Waals surface area contributed by atoms with Crippen molar-refractivity contribution in [1.82, 2.24) is 10.6 Å². The first-order chi connectivity index (χ1) is 19.0. The number of benzene rings is 2. The van der Waals surface area contributed by atoms with Crippen LogP contribution in [-0.2, 0) is 13.6 Å². The molecule has 40 heavy (non-hydrogen) atoms. The topological polar surface area (TPSA) is 119 Å². The second-order valence-electron chi connectivity index (χ2n) is 7.82. The van der Waals surface area contributed by atoms with Crippen LogP contribution in [0.5, 0.6) is 11.5 Å². The van der Waals surface area contributed by atoms with Crippen LogP contribution in [0.4, 0.5) is 21.0 Å². The van der Waals surface area contributed by atoms with Gasteiger partial charge in [0.1, 0.15) is 11.5 Å². The third-order valence-electron chi connectivity index (χ3n) is 5.07. The van der Waals surface area contributed by atoms with Gasteiger partial charge >= 0.3 is 20.3 Å². The number of alkyl halides is 4. The van der Waals surface area contributed by atoms with E-state index < -0.39 is 42.4 Å². The van der Waals surface area contributed by atoms with E-state index in [2.05, 4.69) is 10.6 Å². The maximum Gasteiger partial charge on any atom is 0.701 e. The van der Waals surface area contributed by atoms with E-state index in [1.165, 1.54) is 23.9 Å². The second kappa shape index (κ2) is 16.9. The first-order valence-electron chi connectivity index (χ1n) is 11.9. The van der Waals surface area contributed by atoms with Crippen molar-refractivity contribution in [2.75, 3.05) is 37.1 Å². The monoisotopic (exact) mass is 657 g/mol. The van der Waals surface area contributed by atoms with Crippen molar-refractivity contribution in [3.05, 3.63) is 48.5 Å². The van der Waals surface area contributed by atoms with E-state index in [1.807, 2.05) is 13.8 Å². The van der Waals surface area contributed by atoms with E-state index >= 15 is 0 Å². The largest absolute Gasteiger partial charge is 0.701 e. The van der Waals surface area contributed by atoms with Gasteiger partial charge in [0.05, 0.1) is 13.2 Å². The van der Waals surface area contributed by atoms with Crippen LogP contribution in [0.25, 0.3) is 0 Å². The van der Waals surface area contributed by atoms with Crippen molar-refractivity contribution in [3.8, 4) is 11.5 Å². The summed E-state index contributed by atoms with van der Waals surface area (Å²) in [6, 6.07) is 12.1. The molecular formula is C24H30Cl4N4O7P+. The summed E-state index contributed by atoms with van der Waals surface area (Å²) in [6.45, 7) is 4.71. The van der Waals surface area contributed by atoms with Gasteiger partial charge in [0.2, 0.25) is 12.5 Å². The molecule has 0 bridgehead atoms. The quantitative estimate of drug-likeness (QED) is 0.136. The number of rotatable bonds is 14. The Hall–Kier alpha value is -2.24. The molecule has 4 amide bonds. The normalized spacial score (nSPS) is 12.9. The summed E-state index contributed by atoms with van der Waals surface area (Å²) in [4.78, 5) is 25.3. The Morgan fingerprint density at radius 3 is 1.32 bits per heavy atom. The summed E-state index contributed by atoms with van der Waals surface area (Å²) < 4.78 is 33.8. The number of amides is 4. The molecule has 0 spiro atoms. The van der Waals surface area contributed by atoms with Gasteiger partial charge in [0.25, 0.3) is 0 Å². The van der Waals surface area contributed by atoms with E-state index in [-0.39, 0.29) is 0 Å². The predicted molar refractivity (Wildman–Crippen MR) is 157 cm³/mol. The lowest BCUT2D eigenvalue weighted by Gasteiger charge is -2.22. The molecular weight excluding hydrogens is 629 g/mol. The first kappa shape index (κ1) is 34.0. The lowest BCUT2D eigenvalue weighted by atomic mass is 10.3. The lowest BCUT2D eigenvalue weighted by molar-refractivity contribution is 0.116. The molecule has 0 fully saturated rings. The molecule has 0 aromatic heterocycles. The zero-order valence-corrected chi connectivity index (χ0v) is 26.0. The van der Waals surface area contributed by atoms with Gasteiger partial charge < -0.3 is 20.1 Å². The fourth-order valence-corrected chi connectivity index (χ4v) is 4.53. The highest BCUT2D eigenvalue weighted by Crippen LogP contribution is 2.32. The summed E-state index contributed by atoms with van der Waals surface area (Å²) in [5.74, 6) is 1.28. The zero-order valence-electron chi connectivity index (χ0n) is 22.1. The zero-order chi connectivity index (χ0) is 29.8. The lowest BCUT2D eigenvalue weighted by Crippen LogP contribution is -2.47. The number of anilines is 2. The minimum absolute atomic E-state index is 0.500. The molecule has 16 heteroatoms. The number of ether oxygens (including phenoxy) is 2. The van der Waals surface area contributed by atoms with Crippen LogP contribution in [0, 0.1) is 0 Å². The summed E-state index contributed by atoms with van der Waals surface area (Å²) >= 11 is 23.7. The molecule has 220 valence electrons. The molecule has 0 aliphatic heterocycles. The van der Waals surface area contributed by atoms with E-state index in [0.29, 0.717) is 36.1 Å². The van der Waals surface area contributed by atoms with Gasteiger partial charge in [-0.05, 0) is 62.4 Å².